The molecule has 1 N–H and O–H groups in total. The second-order valence-electron chi connectivity index (χ2n) is 7.45. The summed E-state index contributed by atoms with van der Waals surface area (Å²) >= 11 is 0. The van der Waals surface area contributed by atoms with Crippen LogP contribution in [-0.2, 0) is 4.79 Å². The van der Waals surface area contributed by atoms with Gasteiger partial charge in [0.25, 0.3) is 0 Å². The fourth-order valence-electron chi connectivity index (χ4n) is 3.16. The average Bonchev–Trinajstić information content (AvgIpc) is 2.56. The Morgan fingerprint density at radius 3 is 1.56 bits per heavy atom. The van der Waals surface area contributed by atoms with Crippen molar-refractivity contribution < 1.29 is 31.9 Å². The molecule has 0 heterocycles. The molecule has 0 aliphatic rings. The fraction of sp³-hybridized carbons (Fsp3) is 0.950. The van der Waals surface area contributed by atoms with Crippen molar-refractivity contribution in [3.05, 3.63) is 0 Å². The quantitative estimate of drug-likeness (QED) is 0.199. The second-order valence-corrected chi connectivity index (χ2v) is 7.45. The molecule has 0 saturated heterocycles. The van der Waals surface area contributed by atoms with Gasteiger partial charge in [0.05, 0.1) is 5.92 Å². The number of hydrogen-bond acceptors (Lipinski definition) is 1. The van der Waals surface area contributed by atoms with Crippen molar-refractivity contribution in [1.29, 1.82) is 0 Å². The first-order valence-corrected chi connectivity index (χ1v) is 10.3. The highest BCUT2D eigenvalue weighted by atomic mass is 19.4. The molecule has 162 valence electrons. The molecule has 0 aliphatic carbocycles. The van der Waals surface area contributed by atoms with E-state index in [1.165, 1.54) is 44.9 Å². The number of aliphatic carboxylic acids is 1. The van der Waals surface area contributed by atoms with E-state index in [-0.39, 0.29) is 6.42 Å². The van der Waals surface area contributed by atoms with Crippen LogP contribution in [0.15, 0.2) is 0 Å². The Morgan fingerprint density at radius 1 is 0.741 bits per heavy atom. The minimum absolute atomic E-state index is 0.140. The van der Waals surface area contributed by atoms with E-state index < -0.39 is 36.8 Å². The average molecular weight is 402 g/mol. The maximum atomic E-state index is 12.9. The Bertz CT molecular complexity index is 383. The van der Waals surface area contributed by atoms with Crippen molar-refractivity contribution in [3.63, 3.8) is 0 Å². The SMILES string of the molecule is CCCCCCCCCCCCCC(CCCC(F)(F)C(F)(F)F)C(=O)O. The first-order valence-electron chi connectivity index (χ1n) is 10.3. The van der Waals surface area contributed by atoms with Crippen LogP contribution in [0, 0.1) is 5.92 Å². The normalized spacial score (nSPS) is 13.7. The summed E-state index contributed by atoms with van der Waals surface area (Å²) in [5.41, 5.74) is 0. The Kier molecular flexibility index (Phi) is 13.7. The number of halogens is 5. The summed E-state index contributed by atoms with van der Waals surface area (Å²) in [6, 6.07) is 0. The first-order chi connectivity index (χ1) is 12.6. The molecule has 7 heteroatoms. The number of carboxylic acids is 1. The third-order valence-corrected chi connectivity index (χ3v) is 4.96. The van der Waals surface area contributed by atoms with Crippen LogP contribution < -0.4 is 0 Å². The molecule has 0 bridgehead atoms. The van der Waals surface area contributed by atoms with E-state index >= 15 is 0 Å². The lowest BCUT2D eigenvalue weighted by Crippen LogP contribution is -2.36. The predicted molar refractivity (Wildman–Crippen MR) is 97.1 cm³/mol. The summed E-state index contributed by atoms with van der Waals surface area (Å²) in [5, 5.41) is 9.11. The third kappa shape index (κ3) is 13.0. The lowest BCUT2D eigenvalue weighted by molar-refractivity contribution is -0.284. The zero-order valence-corrected chi connectivity index (χ0v) is 16.4. The van der Waals surface area contributed by atoms with E-state index in [0.29, 0.717) is 12.8 Å². The Hall–Kier alpha value is -0.880. The lowest BCUT2D eigenvalue weighted by atomic mass is 9.94. The number of alkyl halides is 5. The molecule has 0 aromatic carbocycles. The molecule has 0 amide bonds. The van der Waals surface area contributed by atoms with Crippen molar-refractivity contribution in [2.75, 3.05) is 0 Å². The van der Waals surface area contributed by atoms with Gasteiger partial charge in [-0.2, -0.15) is 22.0 Å². The monoisotopic (exact) mass is 402 g/mol. The van der Waals surface area contributed by atoms with E-state index in [2.05, 4.69) is 6.92 Å². The van der Waals surface area contributed by atoms with Crippen molar-refractivity contribution in [2.45, 2.75) is 115 Å². The molecule has 0 aromatic rings. The minimum atomic E-state index is -5.57. The lowest BCUT2D eigenvalue weighted by Gasteiger charge is -2.20. The standard InChI is InChI=1S/C20H35F5O2/c1-2-3-4-5-6-7-8-9-10-11-12-14-17(18(26)27)15-13-16-19(21,22)20(23,24)25/h17H,2-16H2,1H3,(H,26,27). The largest absolute Gasteiger partial charge is 0.481 e. The molecule has 2 nitrogen and oxygen atoms in total. The number of unbranched alkanes of at least 4 members (excludes halogenated alkanes) is 10. The Morgan fingerprint density at radius 2 is 1.15 bits per heavy atom. The molecular weight excluding hydrogens is 367 g/mol. The summed E-state index contributed by atoms with van der Waals surface area (Å²) in [7, 11) is 0. The maximum Gasteiger partial charge on any atom is 0.453 e. The smallest absolute Gasteiger partial charge is 0.453 e. The Labute approximate surface area is 159 Å². The summed E-state index contributed by atoms with van der Waals surface area (Å²) in [6.45, 7) is 2.19. The molecule has 1 atom stereocenters. The van der Waals surface area contributed by atoms with E-state index in [9.17, 15) is 26.7 Å². The molecular formula is C20H35F5O2. The van der Waals surface area contributed by atoms with Crippen molar-refractivity contribution in [2.24, 2.45) is 5.92 Å². The van der Waals surface area contributed by atoms with Crippen molar-refractivity contribution in [1.82, 2.24) is 0 Å². The molecule has 0 saturated carbocycles. The van der Waals surface area contributed by atoms with Gasteiger partial charge in [-0.15, -0.1) is 0 Å². The predicted octanol–water partition coefficient (Wildman–Crippen LogP) is 7.76. The van der Waals surface area contributed by atoms with Gasteiger partial charge in [0.2, 0.25) is 0 Å². The zero-order valence-electron chi connectivity index (χ0n) is 16.4. The topological polar surface area (TPSA) is 37.3 Å². The molecule has 0 spiro atoms. The summed E-state index contributed by atoms with van der Waals surface area (Å²) in [4.78, 5) is 11.2. The van der Waals surface area contributed by atoms with Crippen molar-refractivity contribution in [3.8, 4) is 0 Å². The van der Waals surface area contributed by atoms with Gasteiger partial charge in [0.1, 0.15) is 0 Å². The van der Waals surface area contributed by atoms with Gasteiger partial charge in [-0.1, -0.05) is 77.6 Å². The first kappa shape index (κ1) is 26.1. The summed E-state index contributed by atoms with van der Waals surface area (Å²) < 4.78 is 62.0. The van der Waals surface area contributed by atoms with E-state index in [1.54, 1.807) is 0 Å². The number of carboxylic acid groups (broad SMARTS) is 1. The second kappa shape index (κ2) is 14.2. The highest BCUT2D eigenvalue weighted by Crippen LogP contribution is 2.39. The van der Waals surface area contributed by atoms with Crippen LogP contribution in [0.1, 0.15) is 103 Å². The van der Waals surface area contributed by atoms with Gasteiger partial charge in [-0.3, -0.25) is 4.79 Å². The van der Waals surface area contributed by atoms with Gasteiger partial charge >= 0.3 is 18.1 Å². The number of rotatable bonds is 17. The zero-order chi connectivity index (χ0) is 20.8. The van der Waals surface area contributed by atoms with Crippen LogP contribution in [0.3, 0.4) is 0 Å². The van der Waals surface area contributed by atoms with Crippen LogP contribution in [0.25, 0.3) is 0 Å². The van der Waals surface area contributed by atoms with Gasteiger partial charge in [0, 0.05) is 6.42 Å². The maximum absolute atomic E-state index is 12.9. The summed E-state index contributed by atoms with van der Waals surface area (Å²) in [6.07, 6.45) is 5.23. The highest BCUT2D eigenvalue weighted by Gasteiger charge is 2.56. The number of hydrogen-bond donors (Lipinski definition) is 1. The van der Waals surface area contributed by atoms with Crippen LogP contribution in [0.5, 0.6) is 0 Å². The van der Waals surface area contributed by atoms with Crippen LogP contribution >= 0.6 is 0 Å². The molecule has 0 rings (SSSR count). The van der Waals surface area contributed by atoms with Crippen LogP contribution in [0.2, 0.25) is 0 Å². The van der Waals surface area contributed by atoms with E-state index in [4.69, 9.17) is 5.11 Å². The summed E-state index contributed by atoms with van der Waals surface area (Å²) in [5.74, 6) is -6.70. The van der Waals surface area contributed by atoms with Gasteiger partial charge in [-0.05, 0) is 19.3 Å². The van der Waals surface area contributed by atoms with Crippen LogP contribution in [-0.4, -0.2) is 23.2 Å². The Balaban J connectivity index is 3.78. The third-order valence-electron chi connectivity index (χ3n) is 4.96. The molecule has 0 aliphatic heterocycles. The van der Waals surface area contributed by atoms with Gasteiger partial charge in [-0.25, -0.2) is 0 Å². The van der Waals surface area contributed by atoms with E-state index in [0.717, 1.165) is 19.3 Å². The van der Waals surface area contributed by atoms with E-state index in [1.807, 2.05) is 0 Å². The molecule has 0 radical (unpaired) electrons. The minimum Gasteiger partial charge on any atom is -0.481 e. The molecule has 0 aromatic heterocycles. The molecule has 1 unspecified atom stereocenters. The molecule has 27 heavy (non-hydrogen) atoms. The number of carbonyl (C=O) groups is 1. The van der Waals surface area contributed by atoms with Gasteiger partial charge in [0.15, 0.2) is 0 Å². The van der Waals surface area contributed by atoms with Gasteiger partial charge < -0.3 is 5.11 Å². The highest BCUT2D eigenvalue weighted by molar-refractivity contribution is 5.69. The van der Waals surface area contributed by atoms with Crippen LogP contribution in [0.4, 0.5) is 22.0 Å². The fourth-order valence-corrected chi connectivity index (χ4v) is 3.16. The molecule has 0 fully saturated rings. The van der Waals surface area contributed by atoms with Crippen molar-refractivity contribution >= 4 is 5.97 Å².